The van der Waals surface area contributed by atoms with Crippen molar-refractivity contribution in [2.45, 2.75) is 97.5 Å². The van der Waals surface area contributed by atoms with Crippen LogP contribution in [0.1, 0.15) is 132 Å². The summed E-state index contributed by atoms with van der Waals surface area (Å²) in [6, 6.07) is 28.0. The van der Waals surface area contributed by atoms with Gasteiger partial charge in [0, 0.05) is 40.3 Å². The monoisotopic (exact) mass is 1440 g/mol. The van der Waals surface area contributed by atoms with Crippen LogP contribution in [0.4, 0.5) is 48.2 Å². The molecule has 0 atom stereocenters. The summed E-state index contributed by atoms with van der Waals surface area (Å²) in [6.45, 7) is 1.96. The summed E-state index contributed by atoms with van der Waals surface area (Å²) < 4.78 is 97.2. The Morgan fingerprint density at radius 1 is 0.474 bits per heavy atom. The first-order valence-corrected chi connectivity index (χ1v) is 33.5. The summed E-state index contributed by atoms with van der Waals surface area (Å²) in [7, 11) is 2.87. The summed E-state index contributed by atoms with van der Waals surface area (Å²) >= 11 is 10.2. The number of carboxylic acid groups (broad SMARTS) is 2. The van der Waals surface area contributed by atoms with E-state index >= 15 is 0 Å². The molecule has 7 aromatic rings. The smallest absolute Gasteiger partial charge is 0.335 e. The van der Waals surface area contributed by atoms with Crippen molar-refractivity contribution in [3.05, 3.63) is 201 Å². The van der Waals surface area contributed by atoms with Crippen molar-refractivity contribution >= 4 is 112 Å². The van der Waals surface area contributed by atoms with Crippen LogP contribution < -0.4 is 30.2 Å². The minimum atomic E-state index is -1.18. The van der Waals surface area contributed by atoms with Gasteiger partial charge < -0.3 is 50.6 Å². The first-order chi connectivity index (χ1) is 42.7. The van der Waals surface area contributed by atoms with Crippen LogP contribution in [0.2, 0.25) is 0 Å². The first kappa shape index (κ1) is 85.9. The molecule has 3 heterocycles. The quantitative estimate of drug-likeness (QED) is 0.0376. The maximum Gasteiger partial charge on any atom is 0.335 e. The van der Waals surface area contributed by atoms with Crippen molar-refractivity contribution in [1.29, 1.82) is 0 Å². The number of carbonyl (C=O) groups excluding carboxylic acids is 2. The van der Waals surface area contributed by atoms with E-state index in [1.54, 1.807) is 84.6 Å². The molecule has 0 spiro atoms. The highest BCUT2D eigenvalue weighted by atomic mass is 32.2. The lowest BCUT2D eigenvalue weighted by Crippen LogP contribution is -2.20. The fourth-order valence-corrected chi connectivity index (χ4v) is 17.4. The predicted molar refractivity (Wildman–Crippen MR) is 386 cm³/mol. The summed E-state index contributed by atoms with van der Waals surface area (Å²) in [5.74, 6) is -0.537. The molecule has 0 unspecified atom stereocenters. The number of nitrogens with one attached hydrogen (secondary N) is 3. The molecule has 3 saturated heterocycles. The van der Waals surface area contributed by atoms with E-state index in [1.807, 2.05) is 30.3 Å². The van der Waals surface area contributed by atoms with Crippen molar-refractivity contribution in [2.24, 2.45) is 0 Å². The average molecular weight is 1440 g/mol. The minimum absolute atomic E-state index is 0. The normalized spacial score (nSPS) is 13.3. The number of carbonyl (C=O) groups is 4. The number of amides is 3. The molecule has 3 aliphatic rings. The van der Waals surface area contributed by atoms with Gasteiger partial charge in [0.1, 0.15) is 29.8 Å². The van der Waals surface area contributed by atoms with Crippen LogP contribution in [0, 0.1) is 41.8 Å². The van der Waals surface area contributed by atoms with Gasteiger partial charge in [-0.05, 0) is 168 Å². The third kappa shape index (κ3) is 25.8. The summed E-state index contributed by atoms with van der Waals surface area (Å²) in [5, 5.41) is 44.9. The Balaban J connectivity index is 0.000000627. The minimum Gasteiger partial charge on any atom is -0.505 e. The molecule has 0 aliphatic carbocycles. The number of aromatic carboxylic acids is 2. The highest BCUT2D eigenvalue weighted by Gasteiger charge is 2.27. The lowest BCUT2D eigenvalue weighted by Gasteiger charge is -2.24. The van der Waals surface area contributed by atoms with E-state index in [0.717, 1.165) is 88.9 Å². The van der Waals surface area contributed by atoms with E-state index in [0.29, 0.717) is 33.6 Å². The number of benzene rings is 7. The summed E-state index contributed by atoms with van der Waals surface area (Å²) in [4.78, 5) is 46.1. The number of thioether (sulfide) groups is 6. The number of ether oxygens (including phenoxy) is 3. The topological polar surface area (TPSA) is 213 Å². The van der Waals surface area contributed by atoms with Gasteiger partial charge >= 0.3 is 18.0 Å². The Hall–Kier alpha value is -7.10. The zero-order valence-corrected chi connectivity index (χ0v) is 52.8. The van der Waals surface area contributed by atoms with E-state index in [4.69, 9.17) is 19.3 Å². The lowest BCUT2D eigenvalue weighted by atomic mass is 10.1. The zero-order chi connectivity index (χ0) is 64.1. The van der Waals surface area contributed by atoms with Gasteiger partial charge in [0.15, 0.2) is 40.4 Å². The molecule has 7 N–H and O–H groups in total. The number of methoxy groups -OCH3 is 2. The van der Waals surface area contributed by atoms with Crippen LogP contribution in [0.3, 0.4) is 0 Å². The molecule has 0 bridgehead atoms. The highest BCUT2D eigenvalue weighted by Crippen LogP contribution is 2.50. The standard InChI is InChI=1S/C19H19FO4S2.C18H18F2N2OS2.C15H13F2NO3.C11H11FO3S2.6CH4/c1-23-14-5-3-12(4-6-14)11-24-17-15(19-25-7-2-8-26-19)9-13(18(21)22)10-16(17)20;1-11-15(17-24-7-2-8-25-17)9-14(10-16(11)20)22-18(23)21-13-5-3-12(19)4-6-13;1-21-13-8-11(7-12(17)15(13)20)18-14(19)6-9-2-4-10(16)5-3-9;12-8-5-6(10(14)15)4-7(9(8)13)11-16-2-1-3-17-11;;;;;;/h3-6,9-10,19H,2,7-8,11H2,1H3,(H,21,22);3-6,9-10,17H,2,7-8H2,1H3,(H2,21,22,23);2-5,7-8,20H,6H2,1H3,(H,18,19);4-5,11,13H,1-3H2,(H,14,15);6*1H4. The van der Waals surface area contributed by atoms with Gasteiger partial charge in [0.05, 0.1) is 45.5 Å². The maximum atomic E-state index is 14.6. The number of phenols is 2. The second-order valence-electron chi connectivity index (χ2n) is 19.4. The van der Waals surface area contributed by atoms with Gasteiger partial charge in [-0.3, -0.25) is 4.79 Å². The number of anilines is 3. The van der Waals surface area contributed by atoms with Gasteiger partial charge in [-0.25, -0.2) is 40.7 Å². The van der Waals surface area contributed by atoms with Gasteiger partial charge in [0.2, 0.25) is 5.91 Å². The fraction of sp³-hybridized carbons (Fsp3) is 0.333. The van der Waals surface area contributed by atoms with Gasteiger partial charge in [0.25, 0.3) is 0 Å². The van der Waals surface area contributed by atoms with E-state index < -0.39 is 52.8 Å². The maximum absolute atomic E-state index is 14.6. The average Bonchev–Trinajstić information content (AvgIpc) is 0.830. The molecule has 7 aromatic carbocycles. The molecular weight excluding hydrogens is 1350 g/mol. The Kier molecular flexibility index (Phi) is 38.4. The summed E-state index contributed by atoms with van der Waals surface area (Å²) in [5.41, 5.74) is 4.86. The second-order valence-corrected chi connectivity index (χ2v) is 27.6. The molecule has 0 saturated carbocycles. The van der Waals surface area contributed by atoms with E-state index in [-0.39, 0.29) is 117 Å². The summed E-state index contributed by atoms with van der Waals surface area (Å²) in [6.07, 6.45) is 3.35. The number of hydrogen-bond acceptors (Lipinski definition) is 15. The Morgan fingerprint density at radius 2 is 0.905 bits per heavy atom. The van der Waals surface area contributed by atoms with Gasteiger partial charge in [-0.15, -0.1) is 70.6 Å². The number of phenolic OH excluding ortho intramolecular Hbond substituents is 2. The van der Waals surface area contributed by atoms with E-state index in [2.05, 4.69) is 16.0 Å². The van der Waals surface area contributed by atoms with Crippen LogP contribution in [-0.4, -0.2) is 93.0 Å². The first-order valence-electron chi connectivity index (χ1n) is 27.2. The van der Waals surface area contributed by atoms with Crippen molar-refractivity contribution in [3.63, 3.8) is 0 Å². The molecule has 520 valence electrons. The molecule has 3 fully saturated rings. The van der Waals surface area contributed by atoms with Crippen LogP contribution in [-0.2, 0) is 17.8 Å². The van der Waals surface area contributed by atoms with Crippen molar-refractivity contribution in [2.75, 3.05) is 64.7 Å². The Morgan fingerprint density at radius 3 is 1.41 bits per heavy atom. The fourth-order valence-electron chi connectivity index (χ4n) is 8.51. The number of halogens is 6. The van der Waals surface area contributed by atoms with Crippen molar-refractivity contribution in [3.8, 4) is 28.7 Å². The molecule has 0 aromatic heterocycles. The molecule has 10 rings (SSSR count). The zero-order valence-electron chi connectivity index (χ0n) is 47.9. The van der Waals surface area contributed by atoms with Gasteiger partial charge in [-0.2, -0.15) is 0 Å². The number of rotatable bonds is 15. The molecule has 3 aliphatic heterocycles. The third-order valence-electron chi connectivity index (χ3n) is 13.0. The van der Waals surface area contributed by atoms with Crippen LogP contribution in [0.15, 0.2) is 121 Å². The Bertz CT molecular complexity index is 3570. The molecule has 26 heteroatoms. The highest BCUT2D eigenvalue weighted by molar-refractivity contribution is 8.17. The van der Waals surface area contributed by atoms with Crippen LogP contribution >= 0.6 is 70.6 Å². The number of hydrogen-bond donors (Lipinski definition) is 7. The number of urea groups is 1. The third-order valence-corrected chi connectivity index (χ3v) is 21.9. The van der Waals surface area contributed by atoms with Crippen LogP contribution in [0.5, 0.6) is 28.7 Å². The Labute approximate surface area is 579 Å². The molecule has 14 nitrogen and oxygen atoms in total. The largest absolute Gasteiger partial charge is 0.505 e. The van der Waals surface area contributed by atoms with Crippen molar-refractivity contribution < 1.29 is 80.2 Å². The van der Waals surface area contributed by atoms with Crippen molar-refractivity contribution in [1.82, 2.24) is 0 Å². The molecule has 95 heavy (non-hydrogen) atoms. The van der Waals surface area contributed by atoms with E-state index in [1.165, 1.54) is 79.9 Å². The molecule has 0 radical (unpaired) electrons. The number of carboxylic acids is 2. The lowest BCUT2D eigenvalue weighted by molar-refractivity contribution is -0.115. The van der Waals surface area contributed by atoms with Gasteiger partial charge in [-0.1, -0.05) is 68.8 Å². The molecular formula is C69H85F6N3O11S6. The van der Waals surface area contributed by atoms with Crippen LogP contribution in [0.25, 0.3) is 0 Å². The molecule has 3 amide bonds. The SMILES string of the molecule is C.C.C.C.C.C.COc1cc(NC(=O)Cc2ccc(F)cc2)cc(F)c1O.COc1ccc(COc2c(F)cc(C(=O)O)cc2C2SCCCS2)cc1.Cc1c(F)cc(NC(=O)Nc2ccc(F)cc2)cc1C1SCCCS1.O=C(O)c1cc(F)c(O)c(C2SCCCS2)c1. The second kappa shape index (κ2) is 42.5. The van der Waals surface area contributed by atoms with E-state index in [9.17, 15) is 60.8 Å². The predicted octanol–water partition coefficient (Wildman–Crippen LogP) is 20.5. The number of aromatic hydroxyl groups is 2.